The zero-order chi connectivity index (χ0) is 16.2. The number of carbonyl (C=O) groups is 1. The van der Waals surface area contributed by atoms with Crippen molar-refractivity contribution in [2.75, 3.05) is 0 Å². The highest BCUT2D eigenvalue weighted by molar-refractivity contribution is 7.98. The Bertz CT molecular complexity index is 818. The average molecular weight is 347 g/mol. The Labute approximate surface area is 141 Å². The van der Waals surface area contributed by atoms with Gasteiger partial charge in [-0.1, -0.05) is 35.5 Å². The maximum atomic E-state index is 10.9. The van der Waals surface area contributed by atoms with E-state index >= 15 is 0 Å². The number of rotatable bonds is 5. The van der Waals surface area contributed by atoms with Crippen molar-refractivity contribution in [2.45, 2.75) is 10.9 Å². The van der Waals surface area contributed by atoms with Gasteiger partial charge in [0.2, 0.25) is 5.16 Å². The Morgan fingerprint density at radius 2 is 1.83 bits per heavy atom. The van der Waals surface area contributed by atoms with Gasteiger partial charge < -0.3 is 5.11 Å². The third-order valence-corrected chi connectivity index (χ3v) is 4.32. The van der Waals surface area contributed by atoms with Crippen molar-refractivity contribution in [3.63, 3.8) is 0 Å². The van der Waals surface area contributed by atoms with Crippen LogP contribution in [-0.2, 0) is 5.75 Å². The predicted octanol–water partition coefficient (Wildman–Crippen LogP) is 3.31. The van der Waals surface area contributed by atoms with E-state index in [1.807, 2.05) is 24.3 Å². The number of carboxylic acids is 1. The van der Waals surface area contributed by atoms with Crippen LogP contribution < -0.4 is 0 Å². The van der Waals surface area contributed by atoms with Crippen LogP contribution in [0.25, 0.3) is 5.69 Å². The van der Waals surface area contributed by atoms with Crippen LogP contribution in [0.3, 0.4) is 0 Å². The molecule has 116 valence electrons. The fourth-order valence-corrected chi connectivity index (χ4v) is 2.88. The van der Waals surface area contributed by atoms with E-state index in [2.05, 4.69) is 15.5 Å². The monoisotopic (exact) mass is 346 g/mol. The van der Waals surface area contributed by atoms with Gasteiger partial charge in [-0.25, -0.2) is 4.79 Å². The second-order valence-electron chi connectivity index (χ2n) is 4.64. The molecule has 0 atom stereocenters. The molecule has 0 aliphatic heterocycles. The summed E-state index contributed by atoms with van der Waals surface area (Å²) in [6.45, 7) is 0. The maximum Gasteiger partial charge on any atom is 0.335 e. The summed E-state index contributed by atoms with van der Waals surface area (Å²) in [6, 6.07) is 14.0. The number of tetrazole rings is 1. The van der Waals surface area contributed by atoms with Crippen molar-refractivity contribution >= 4 is 29.3 Å². The molecule has 0 bridgehead atoms. The Hall–Kier alpha value is -2.38. The molecule has 0 unspecified atom stereocenters. The molecule has 23 heavy (non-hydrogen) atoms. The highest BCUT2D eigenvalue weighted by Gasteiger charge is 2.10. The van der Waals surface area contributed by atoms with E-state index in [-0.39, 0.29) is 5.56 Å². The summed E-state index contributed by atoms with van der Waals surface area (Å²) < 4.78 is 1.58. The van der Waals surface area contributed by atoms with Gasteiger partial charge in [-0.2, -0.15) is 4.68 Å². The standard InChI is InChI=1S/C15H11ClN4O2S/c16-12-5-1-10(2-6-12)9-23-15-17-18-19-20(15)13-7-3-11(4-8-13)14(21)22/h1-8H,9H2,(H,21,22). The number of thioether (sulfide) groups is 1. The van der Waals surface area contributed by atoms with Gasteiger partial charge in [-0.15, -0.1) is 5.10 Å². The van der Waals surface area contributed by atoms with Crippen LogP contribution in [0, 0.1) is 0 Å². The van der Waals surface area contributed by atoms with Gasteiger partial charge in [-0.05, 0) is 52.4 Å². The van der Waals surface area contributed by atoms with E-state index in [9.17, 15) is 4.79 Å². The number of nitrogens with zero attached hydrogens (tertiary/aromatic N) is 4. The minimum atomic E-state index is -0.967. The molecule has 3 rings (SSSR count). The second-order valence-corrected chi connectivity index (χ2v) is 6.02. The quantitative estimate of drug-likeness (QED) is 0.714. The van der Waals surface area contributed by atoms with Gasteiger partial charge in [0.15, 0.2) is 0 Å². The molecule has 0 saturated heterocycles. The number of hydrogen-bond donors (Lipinski definition) is 1. The van der Waals surface area contributed by atoms with E-state index in [1.54, 1.807) is 16.8 Å². The molecule has 0 amide bonds. The minimum Gasteiger partial charge on any atom is -0.478 e. The summed E-state index contributed by atoms with van der Waals surface area (Å²) in [4.78, 5) is 10.9. The number of carboxylic acid groups (broad SMARTS) is 1. The molecule has 3 aromatic rings. The highest BCUT2D eigenvalue weighted by atomic mass is 35.5. The first-order valence-electron chi connectivity index (χ1n) is 6.63. The molecule has 1 N–H and O–H groups in total. The molecule has 0 radical (unpaired) electrons. The topological polar surface area (TPSA) is 80.9 Å². The highest BCUT2D eigenvalue weighted by Crippen LogP contribution is 2.23. The largest absolute Gasteiger partial charge is 0.478 e. The molecule has 0 saturated carbocycles. The lowest BCUT2D eigenvalue weighted by atomic mass is 10.2. The summed E-state index contributed by atoms with van der Waals surface area (Å²) in [5.74, 6) is -0.268. The Morgan fingerprint density at radius 1 is 1.13 bits per heavy atom. The van der Waals surface area contributed by atoms with Gasteiger partial charge in [0.1, 0.15) is 0 Å². The van der Waals surface area contributed by atoms with Gasteiger partial charge >= 0.3 is 5.97 Å². The van der Waals surface area contributed by atoms with Crippen molar-refractivity contribution in [2.24, 2.45) is 0 Å². The van der Waals surface area contributed by atoms with Crippen LogP contribution >= 0.6 is 23.4 Å². The van der Waals surface area contributed by atoms with Crippen molar-refractivity contribution < 1.29 is 9.90 Å². The van der Waals surface area contributed by atoms with E-state index in [0.717, 1.165) is 5.56 Å². The van der Waals surface area contributed by atoms with Crippen molar-refractivity contribution in [3.8, 4) is 5.69 Å². The molecule has 0 fully saturated rings. The maximum absolute atomic E-state index is 10.9. The third kappa shape index (κ3) is 3.69. The zero-order valence-electron chi connectivity index (χ0n) is 11.8. The van der Waals surface area contributed by atoms with Crippen LogP contribution in [0.15, 0.2) is 53.7 Å². The predicted molar refractivity (Wildman–Crippen MR) is 87.1 cm³/mol. The first-order valence-corrected chi connectivity index (χ1v) is 7.99. The Morgan fingerprint density at radius 3 is 2.48 bits per heavy atom. The van der Waals surface area contributed by atoms with Crippen LogP contribution in [0.1, 0.15) is 15.9 Å². The van der Waals surface area contributed by atoms with E-state index in [1.165, 1.54) is 23.9 Å². The summed E-state index contributed by atoms with van der Waals surface area (Å²) in [5, 5.41) is 21.9. The van der Waals surface area contributed by atoms with Crippen LogP contribution in [0.4, 0.5) is 0 Å². The van der Waals surface area contributed by atoms with E-state index in [4.69, 9.17) is 16.7 Å². The lowest BCUT2D eigenvalue weighted by Crippen LogP contribution is -2.01. The Kier molecular flexibility index (Phi) is 4.59. The SMILES string of the molecule is O=C(O)c1ccc(-n2nnnc2SCc2ccc(Cl)cc2)cc1. The molecule has 0 aliphatic rings. The second kappa shape index (κ2) is 6.80. The lowest BCUT2D eigenvalue weighted by Gasteiger charge is -2.05. The normalized spacial score (nSPS) is 10.7. The third-order valence-electron chi connectivity index (χ3n) is 3.08. The van der Waals surface area contributed by atoms with E-state index in [0.29, 0.717) is 21.6 Å². The number of halogens is 1. The smallest absolute Gasteiger partial charge is 0.335 e. The van der Waals surface area contributed by atoms with Crippen LogP contribution in [0.5, 0.6) is 0 Å². The zero-order valence-corrected chi connectivity index (χ0v) is 13.3. The fourth-order valence-electron chi connectivity index (χ4n) is 1.90. The molecule has 2 aromatic carbocycles. The molecule has 0 spiro atoms. The van der Waals surface area contributed by atoms with Crippen LogP contribution in [-0.4, -0.2) is 31.3 Å². The molecule has 6 nitrogen and oxygen atoms in total. The number of benzene rings is 2. The molecular weight excluding hydrogens is 336 g/mol. The van der Waals surface area contributed by atoms with Crippen molar-refractivity contribution in [1.29, 1.82) is 0 Å². The van der Waals surface area contributed by atoms with Crippen molar-refractivity contribution in [3.05, 3.63) is 64.7 Å². The summed E-state index contributed by atoms with van der Waals surface area (Å²) in [5.41, 5.74) is 2.03. The fraction of sp³-hybridized carbons (Fsp3) is 0.0667. The molecule has 8 heteroatoms. The van der Waals surface area contributed by atoms with E-state index < -0.39 is 5.97 Å². The van der Waals surface area contributed by atoms with Crippen LogP contribution in [0.2, 0.25) is 5.02 Å². The molecule has 1 aromatic heterocycles. The van der Waals surface area contributed by atoms with Gasteiger partial charge in [0, 0.05) is 10.8 Å². The summed E-state index contributed by atoms with van der Waals surface area (Å²) in [6.07, 6.45) is 0. The van der Waals surface area contributed by atoms with Gasteiger partial charge in [0.25, 0.3) is 0 Å². The number of aromatic carboxylic acids is 1. The minimum absolute atomic E-state index is 0.220. The van der Waals surface area contributed by atoms with Crippen molar-refractivity contribution in [1.82, 2.24) is 20.2 Å². The summed E-state index contributed by atoms with van der Waals surface area (Å²) in [7, 11) is 0. The molecular formula is C15H11ClN4O2S. The summed E-state index contributed by atoms with van der Waals surface area (Å²) >= 11 is 7.35. The molecule has 1 heterocycles. The number of aromatic nitrogens is 4. The van der Waals surface area contributed by atoms with Gasteiger partial charge in [0.05, 0.1) is 11.3 Å². The first-order chi connectivity index (χ1) is 11.1. The number of hydrogen-bond acceptors (Lipinski definition) is 5. The lowest BCUT2D eigenvalue weighted by molar-refractivity contribution is 0.0697. The van der Waals surface area contributed by atoms with Gasteiger partial charge in [-0.3, -0.25) is 0 Å². The Balaban J connectivity index is 1.76. The average Bonchev–Trinajstić information content (AvgIpc) is 3.03. The molecule has 0 aliphatic carbocycles. The first kappa shape index (κ1) is 15.5.